The highest BCUT2D eigenvalue weighted by atomic mass is 15.3. The van der Waals surface area contributed by atoms with Crippen LogP contribution in [0.4, 0.5) is 0 Å². The van der Waals surface area contributed by atoms with Gasteiger partial charge in [0.2, 0.25) is 0 Å². The van der Waals surface area contributed by atoms with E-state index in [4.69, 9.17) is 0 Å². The van der Waals surface area contributed by atoms with Gasteiger partial charge in [-0.3, -0.25) is 4.90 Å². The van der Waals surface area contributed by atoms with E-state index in [0.717, 1.165) is 12.5 Å². The minimum atomic E-state index is 0. The van der Waals surface area contributed by atoms with E-state index in [-0.39, 0.29) is 1.43 Å². The second-order valence-electron chi connectivity index (χ2n) is 7.82. The molecule has 0 radical (unpaired) electrons. The van der Waals surface area contributed by atoms with Crippen LogP contribution in [0, 0.1) is 5.92 Å². The zero-order valence-corrected chi connectivity index (χ0v) is 15.4. The Morgan fingerprint density at radius 1 is 0.909 bits per heavy atom. The van der Waals surface area contributed by atoms with Gasteiger partial charge in [0.1, 0.15) is 0 Å². The number of rotatable bonds is 7. The lowest BCUT2D eigenvalue weighted by atomic mass is 9.96. The van der Waals surface area contributed by atoms with Crippen LogP contribution >= 0.6 is 0 Å². The second kappa shape index (κ2) is 9.21. The van der Waals surface area contributed by atoms with Crippen molar-refractivity contribution in [2.45, 2.75) is 52.6 Å². The third-order valence-electron chi connectivity index (χ3n) is 5.34. The topological polar surface area (TPSA) is 21.8 Å². The number of likely N-dealkylation sites (tertiary alicyclic amines) is 1. The number of hydrogen-bond acceptors (Lipinski definition) is 4. The van der Waals surface area contributed by atoms with E-state index in [1.807, 2.05) is 0 Å². The summed E-state index contributed by atoms with van der Waals surface area (Å²) in [5.41, 5.74) is 0. The lowest BCUT2D eigenvalue weighted by Gasteiger charge is -2.40. The third kappa shape index (κ3) is 6.15. The normalized spacial score (nSPS) is 23.7. The van der Waals surface area contributed by atoms with E-state index in [1.54, 1.807) is 0 Å². The summed E-state index contributed by atoms with van der Waals surface area (Å²) in [5.74, 6) is 0.930. The van der Waals surface area contributed by atoms with Gasteiger partial charge in [0.25, 0.3) is 0 Å². The summed E-state index contributed by atoms with van der Waals surface area (Å²) in [6.07, 6.45) is 2.79. The molecular weight excluding hydrogens is 272 g/mol. The van der Waals surface area contributed by atoms with Gasteiger partial charge in [-0.25, -0.2) is 0 Å². The van der Waals surface area contributed by atoms with Crippen molar-refractivity contribution in [1.82, 2.24) is 20.0 Å². The van der Waals surface area contributed by atoms with Crippen LogP contribution in [-0.4, -0.2) is 85.7 Å². The Hall–Kier alpha value is -0.160. The van der Waals surface area contributed by atoms with Crippen LogP contribution in [0.2, 0.25) is 0 Å². The molecule has 0 atom stereocenters. The number of nitrogens with one attached hydrogen (secondary N) is 1. The van der Waals surface area contributed by atoms with Crippen molar-refractivity contribution >= 4 is 0 Å². The summed E-state index contributed by atoms with van der Waals surface area (Å²) < 4.78 is 0. The Morgan fingerprint density at radius 3 is 2.09 bits per heavy atom. The van der Waals surface area contributed by atoms with Crippen LogP contribution in [0.5, 0.6) is 0 Å². The highest BCUT2D eigenvalue weighted by molar-refractivity contribution is 4.79. The number of nitrogens with zero attached hydrogens (tertiary/aromatic N) is 3. The van der Waals surface area contributed by atoms with E-state index in [0.29, 0.717) is 12.1 Å². The van der Waals surface area contributed by atoms with Gasteiger partial charge in [-0.2, -0.15) is 0 Å². The molecule has 0 unspecified atom stereocenters. The van der Waals surface area contributed by atoms with E-state index in [1.165, 1.54) is 65.2 Å². The van der Waals surface area contributed by atoms with Crippen molar-refractivity contribution in [1.29, 1.82) is 0 Å². The molecule has 0 bridgehead atoms. The molecule has 2 rings (SSSR count). The zero-order valence-electron chi connectivity index (χ0n) is 15.4. The van der Waals surface area contributed by atoms with Gasteiger partial charge in [-0.1, -0.05) is 13.8 Å². The predicted molar refractivity (Wildman–Crippen MR) is 97.6 cm³/mol. The molecule has 2 aliphatic heterocycles. The maximum Gasteiger partial charge on any atom is 0.0113 e. The van der Waals surface area contributed by atoms with Gasteiger partial charge in [0.05, 0.1) is 0 Å². The molecule has 2 aliphatic rings. The Morgan fingerprint density at radius 2 is 1.55 bits per heavy atom. The molecule has 0 aliphatic carbocycles. The van der Waals surface area contributed by atoms with Crippen molar-refractivity contribution in [2.75, 3.05) is 58.9 Å². The fourth-order valence-electron chi connectivity index (χ4n) is 3.73. The molecule has 0 aromatic heterocycles. The molecule has 4 heteroatoms. The minimum absolute atomic E-state index is 0. The van der Waals surface area contributed by atoms with Gasteiger partial charge < -0.3 is 15.1 Å². The molecule has 2 fully saturated rings. The van der Waals surface area contributed by atoms with Crippen LogP contribution in [0.3, 0.4) is 0 Å². The molecule has 0 aromatic rings. The predicted octanol–water partition coefficient (Wildman–Crippen LogP) is 1.97. The summed E-state index contributed by atoms with van der Waals surface area (Å²) in [6.45, 7) is 20.5. The zero-order chi connectivity index (χ0) is 15.9. The molecule has 2 heterocycles. The molecule has 132 valence electrons. The third-order valence-corrected chi connectivity index (χ3v) is 5.34. The summed E-state index contributed by atoms with van der Waals surface area (Å²) >= 11 is 0. The average molecular weight is 313 g/mol. The maximum absolute atomic E-state index is 3.53. The quantitative estimate of drug-likeness (QED) is 0.776. The molecule has 0 aromatic carbocycles. The van der Waals surface area contributed by atoms with Crippen molar-refractivity contribution < 1.29 is 1.43 Å². The molecule has 1 N–H and O–H groups in total. The van der Waals surface area contributed by atoms with E-state index in [2.05, 4.69) is 47.7 Å². The van der Waals surface area contributed by atoms with Crippen molar-refractivity contribution in [3.05, 3.63) is 0 Å². The Bertz CT molecular complexity index is 295. The van der Waals surface area contributed by atoms with Crippen molar-refractivity contribution in [3.63, 3.8) is 0 Å². The minimum Gasteiger partial charge on any atom is -0.313 e. The number of piperidine rings is 1. The summed E-state index contributed by atoms with van der Waals surface area (Å²) in [5, 5.41) is 3.53. The molecular formula is C18H40N4. The second-order valence-corrected chi connectivity index (χ2v) is 7.82. The molecule has 0 spiro atoms. The Labute approximate surface area is 139 Å². The van der Waals surface area contributed by atoms with Crippen molar-refractivity contribution in [2.24, 2.45) is 5.92 Å². The largest absolute Gasteiger partial charge is 0.313 e. The van der Waals surface area contributed by atoms with Gasteiger partial charge in [-0.05, 0) is 45.7 Å². The van der Waals surface area contributed by atoms with Crippen LogP contribution in [0.1, 0.15) is 42.0 Å². The lowest BCUT2D eigenvalue weighted by molar-refractivity contribution is 0.0811. The standard InChI is InChI=1S/C18H38N4.H2/c1-16(2)19-7-10-20-8-5-18(6-9-20)15-21-11-13-22(14-12-21)17(3)4;/h16-19H,5-15H2,1-4H3;1H. The molecule has 2 saturated heterocycles. The first-order valence-electron chi connectivity index (χ1n) is 9.46. The molecule has 0 amide bonds. The summed E-state index contributed by atoms with van der Waals surface area (Å²) in [6, 6.07) is 1.33. The van der Waals surface area contributed by atoms with Gasteiger partial charge in [-0.15, -0.1) is 0 Å². The highest BCUT2D eigenvalue weighted by Gasteiger charge is 2.24. The van der Waals surface area contributed by atoms with E-state index < -0.39 is 0 Å². The SMILES string of the molecule is CC(C)NCCN1CCC(CN2CCN(C(C)C)CC2)CC1.[HH]. The Balaban J connectivity index is 0.00000264. The van der Waals surface area contributed by atoms with E-state index >= 15 is 0 Å². The molecule has 0 saturated carbocycles. The highest BCUT2D eigenvalue weighted by Crippen LogP contribution is 2.19. The fraction of sp³-hybridized carbons (Fsp3) is 1.00. The van der Waals surface area contributed by atoms with Crippen LogP contribution in [0.15, 0.2) is 0 Å². The lowest BCUT2D eigenvalue weighted by Crippen LogP contribution is -2.50. The molecule has 4 nitrogen and oxygen atoms in total. The fourth-order valence-corrected chi connectivity index (χ4v) is 3.73. The van der Waals surface area contributed by atoms with Crippen LogP contribution < -0.4 is 5.32 Å². The first-order valence-corrected chi connectivity index (χ1v) is 9.46. The first-order chi connectivity index (χ1) is 10.5. The van der Waals surface area contributed by atoms with Crippen molar-refractivity contribution in [3.8, 4) is 0 Å². The van der Waals surface area contributed by atoms with Crippen LogP contribution in [-0.2, 0) is 0 Å². The molecule has 22 heavy (non-hydrogen) atoms. The van der Waals surface area contributed by atoms with Gasteiger partial charge in [0.15, 0.2) is 0 Å². The summed E-state index contributed by atoms with van der Waals surface area (Å²) in [7, 11) is 0. The smallest absolute Gasteiger partial charge is 0.0113 e. The van der Waals surface area contributed by atoms with Crippen LogP contribution in [0.25, 0.3) is 0 Å². The maximum atomic E-state index is 3.53. The number of hydrogen-bond donors (Lipinski definition) is 1. The van der Waals surface area contributed by atoms with E-state index in [9.17, 15) is 0 Å². The number of piperazine rings is 1. The Kier molecular flexibility index (Phi) is 7.61. The first kappa shape index (κ1) is 18.2. The summed E-state index contributed by atoms with van der Waals surface area (Å²) in [4.78, 5) is 7.96. The average Bonchev–Trinajstić information content (AvgIpc) is 2.49. The monoisotopic (exact) mass is 312 g/mol. The van der Waals surface area contributed by atoms with Gasteiger partial charge in [0, 0.05) is 59.3 Å². The van der Waals surface area contributed by atoms with Gasteiger partial charge >= 0.3 is 0 Å².